The Morgan fingerprint density at radius 3 is 1.59 bits per heavy atom. The Morgan fingerprint density at radius 1 is 0.564 bits per heavy atom. The third kappa shape index (κ3) is 8.67. The molecule has 2 nitrogen and oxygen atoms in total. The van der Waals surface area contributed by atoms with Crippen molar-refractivity contribution in [3.05, 3.63) is 94.6 Å². The molecule has 0 N–H and O–H groups in total. The molecule has 0 bridgehead atoms. The van der Waals surface area contributed by atoms with E-state index in [1.54, 1.807) is 12.1 Å². The molecular weight excluding hydrogens is 518 g/mol. The molecule has 8 heteroatoms. The average Bonchev–Trinajstić information content (AvgIpc) is 2.87. The molecular formula is C31H34F6O2. The fraction of sp³-hybridized carbons (Fsp3) is 0.419. The molecule has 0 saturated heterocycles. The summed E-state index contributed by atoms with van der Waals surface area (Å²) in [5.41, 5.74) is -0.847. The zero-order valence-corrected chi connectivity index (χ0v) is 22.2. The first-order chi connectivity index (χ1) is 18.6. The highest BCUT2D eigenvalue weighted by molar-refractivity contribution is 5.34. The number of halogens is 6. The molecule has 0 amide bonds. The quantitative estimate of drug-likeness (QED) is 0.138. The highest BCUT2D eigenvalue weighted by Crippen LogP contribution is 2.37. The van der Waals surface area contributed by atoms with E-state index in [0.717, 1.165) is 86.9 Å². The number of benzene rings is 3. The largest absolute Gasteiger partial charge is 0.432 e. The van der Waals surface area contributed by atoms with E-state index >= 15 is 0 Å². The van der Waals surface area contributed by atoms with Gasteiger partial charge in [-0.15, -0.1) is 0 Å². The highest BCUT2D eigenvalue weighted by atomic mass is 19.3. The third-order valence-electron chi connectivity index (χ3n) is 6.39. The fourth-order valence-electron chi connectivity index (χ4n) is 4.23. The van der Waals surface area contributed by atoms with Gasteiger partial charge in [-0.05, 0) is 85.3 Å². The van der Waals surface area contributed by atoms with Crippen LogP contribution < -0.4 is 9.47 Å². The first kappa shape index (κ1) is 30.4. The minimum atomic E-state index is -4.37. The Kier molecular flexibility index (Phi) is 10.7. The zero-order valence-electron chi connectivity index (χ0n) is 22.2. The Hall–Kier alpha value is -3.16. The molecule has 0 aliphatic carbocycles. The normalized spacial score (nSPS) is 12.0. The predicted octanol–water partition coefficient (Wildman–Crippen LogP) is 10.1. The van der Waals surface area contributed by atoms with Gasteiger partial charge in [0.15, 0.2) is 0 Å². The molecule has 0 aromatic heterocycles. The summed E-state index contributed by atoms with van der Waals surface area (Å²) in [6, 6.07) is 11.5. The van der Waals surface area contributed by atoms with E-state index in [1.165, 1.54) is 12.1 Å². The summed E-state index contributed by atoms with van der Waals surface area (Å²) < 4.78 is 97.2. The molecule has 0 saturated carbocycles. The van der Waals surface area contributed by atoms with Crippen LogP contribution in [0.4, 0.5) is 26.3 Å². The summed E-state index contributed by atoms with van der Waals surface area (Å²) in [4.78, 5) is 0. The molecule has 0 aliphatic heterocycles. The van der Waals surface area contributed by atoms with Gasteiger partial charge in [-0.3, -0.25) is 0 Å². The minimum absolute atomic E-state index is 0.0501. The molecule has 0 fully saturated rings. The van der Waals surface area contributed by atoms with Crippen LogP contribution in [0.5, 0.6) is 11.5 Å². The van der Waals surface area contributed by atoms with Crippen molar-refractivity contribution in [1.82, 2.24) is 0 Å². The average molecular weight is 553 g/mol. The number of ether oxygens (including phenoxy) is 2. The van der Waals surface area contributed by atoms with Gasteiger partial charge in [0, 0.05) is 0 Å². The van der Waals surface area contributed by atoms with E-state index in [4.69, 9.17) is 4.74 Å². The van der Waals surface area contributed by atoms with Gasteiger partial charge in [-0.2, -0.15) is 17.6 Å². The van der Waals surface area contributed by atoms with Crippen LogP contribution in [-0.4, -0.2) is 0 Å². The van der Waals surface area contributed by atoms with Crippen molar-refractivity contribution in [3.63, 3.8) is 0 Å². The molecule has 0 atom stereocenters. The van der Waals surface area contributed by atoms with Crippen LogP contribution >= 0.6 is 0 Å². The first-order valence-corrected chi connectivity index (χ1v) is 13.4. The Labute approximate surface area is 226 Å². The third-order valence-corrected chi connectivity index (χ3v) is 6.39. The van der Waals surface area contributed by atoms with Crippen LogP contribution in [0, 0.1) is 11.6 Å². The van der Waals surface area contributed by atoms with Gasteiger partial charge in [-0.1, -0.05) is 58.1 Å². The Morgan fingerprint density at radius 2 is 1.03 bits per heavy atom. The molecule has 0 spiro atoms. The number of alkyl halides is 4. The van der Waals surface area contributed by atoms with Gasteiger partial charge in [-0.25, -0.2) is 8.78 Å². The molecule has 3 aromatic rings. The monoisotopic (exact) mass is 552 g/mol. The number of hydrogen-bond donors (Lipinski definition) is 0. The lowest BCUT2D eigenvalue weighted by atomic mass is 10.0. The van der Waals surface area contributed by atoms with E-state index < -0.39 is 40.7 Å². The molecule has 3 aromatic carbocycles. The number of hydrogen-bond acceptors (Lipinski definition) is 2. The van der Waals surface area contributed by atoms with Crippen molar-refractivity contribution in [2.75, 3.05) is 0 Å². The second-order valence-corrected chi connectivity index (χ2v) is 9.61. The summed E-state index contributed by atoms with van der Waals surface area (Å²) in [7, 11) is 0. The summed E-state index contributed by atoms with van der Waals surface area (Å²) in [5.74, 6) is -3.46. The van der Waals surface area contributed by atoms with Gasteiger partial charge in [0.1, 0.15) is 28.7 Å². The number of aryl methyl sites for hydroxylation is 2. The molecule has 0 unspecified atom stereocenters. The maximum Gasteiger partial charge on any atom is 0.432 e. The minimum Gasteiger partial charge on any atom is -0.429 e. The maximum atomic E-state index is 14.7. The van der Waals surface area contributed by atoms with Crippen LogP contribution in [0.3, 0.4) is 0 Å². The molecule has 0 heterocycles. The summed E-state index contributed by atoms with van der Waals surface area (Å²) in [6.45, 7) is 4.12. The summed E-state index contributed by atoms with van der Waals surface area (Å²) >= 11 is 0. The van der Waals surface area contributed by atoms with Gasteiger partial charge in [0.25, 0.3) is 0 Å². The van der Waals surface area contributed by atoms with E-state index in [0.29, 0.717) is 12.8 Å². The molecule has 3 rings (SSSR count). The standard InChI is InChI=1S/C31H34F6O2/c1-3-5-7-9-11-23-20-27(32)29(28(33)21-23)31(36,37)39-26-18-14-24(15-19-26)30(34,35)38-25-16-12-22(13-17-25)10-8-6-4-2/h12-21H,3-11H2,1-2H3. The van der Waals surface area contributed by atoms with E-state index in [1.807, 2.05) is 6.92 Å². The molecule has 212 valence electrons. The highest BCUT2D eigenvalue weighted by Gasteiger charge is 2.41. The summed E-state index contributed by atoms with van der Waals surface area (Å²) in [6.07, 6.45) is -0.242. The Bertz CT molecular complexity index is 1150. The lowest BCUT2D eigenvalue weighted by Crippen LogP contribution is -2.25. The molecule has 0 aliphatic rings. The number of rotatable bonds is 15. The van der Waals surface area contributed by atoms with Crippen molar-refractivity contribution < 1.29 is 35.8 Å². The van der Waals surface area contributed by atoms with Crippen molar-refractivity contribution in [3.8, 4) is 11.5 Å². The van der Waals surface area contributed by atoms with Crippen molar-refractivity contribution in [1.29, 1.82) is 0 Å². The summed E-state index contributed by atoms with van der Waals surface area (Å²) in [5, 5.41) is 0. The first-order valence-electron chi connectivity index (χ1n) is 13.4. The predicted molar refractivity (Wildman–Crippen MR) is 139 cm³/mol. The van der Waals surface area contributed by atoms with Crippen molar-refractivity contribution >= 4 is 0 Å². The lowest BCUT2D eigenvalue weighted by Gasteiger charge is -2.21. The fourth-order valence-corrected chi connectivity index (χ4v) is 4.23. The van der Waals surface area contributed by atoms with Crippen LogP contribution in [0.1, 0.15) is 81.0 Å². The van der Waals surface area contributed by atoms with Gasteiger partial charge >= 0.3 is 12.2 Å². The zero-order chi connectivity index (χ0) is 28.5. The van der Waals surface area contributed by atoms with Crippen LogP contribution in [0.25, 0.3) is 0 Å². The second kappa shape index (κ2) is 13.8. The van der Waals surface area contributed by atoms with Crippen molar-refractivity contribution in [2.24, 2.45) is 0 Å². The van der Waals surface area contributed by atoms with E-state index in [-0.39, 0.29) is 11.3 Å². The molecule has 0 radical (unpaired) electrons. The van der Waals surface area contributed by atoms with Crippen LogP contribution in [0.2, 0.25) is 0 Å². The van der Waals surface area contributed by atoms with E-state index in [2.05, 4.69) is 11.7 Å². The second-order valence-electron chi connectivity index (χ2n) is 9.61. The van der Waals surface area contributed by atoms with Crippen LogP contribution in [-0.2, 0) is 25.1 Å². The number of unbranched alkanes of at least 4 members (excludes halogenated alkanes) is 5. The smallest absolute Gasteiger partial charge is 0.429 e. The molecule has 39 heavy (non-hydrogen) atoms. The van der Waals surface area contributed by atoms with Gasteiger partial charge < -0.3 is 9.47 Å². The maximum absolute atomic E-state index is 14.7. The SMILES string of the molecule is CCCCCCc1cc(F)c(C(F)(F)Oc2ccc(C(F)(F)Oc3ccc(CCCCC)cc3)cc2)c(F)c1. The van der Waals surface area contributed by atoms with Gasteiger partial charge in [0.2, 0.25) is 0 Å². The Balaban J connectivity index is 1.66. The van der Waals surface area contributed by atoms with Crippen LogP contribution in [0.15, 0.2) is 60.7 Å². The lowest BCUT2D eigenvalue weighted by molar-refractivity contribution is -0.190. The topological polar surface area (TPSA) is 18.5 Å². The van der Waals surface area contributed by atoms with E-state index in [9.17, 15) is 26.3 Å². The van der Waals surface area contributed by atoms with Gasteiger partial charge in [0.05, 0.1) is 5.56 Å². The van der Waals surface area contributed by atoms with Crippen molar-refractivity contribution in [2.45, 2.75) is 83.9 Å².